The van der Waals surface area contributed by atoms with E-state index in [1.165, 1.54) is 11.0 Å². The molecule has 2 heterocycles. The van der Waals surface area contributed by atoms with Crippen LogP contribution in [0.4, 0.5) is 0 Å². The second kappa shape index (κ2) is 5.26. The molecule has 1 aliphatic heterocycles. The quantitative estimate of drug-likeness (QED) is 0.763. The Labute approximate surface area is 112 Å². The van der Waals surface area contributed by atoms with Gasteiger partial charge < -0.3 is 10.2 Å². The fraction of sp³-hybridized carbons (Fsp3) is 0.462. The summed E-state index contributed by atoms with van der Waals surface area (Å²) in [6.45, 7) is 5.07. The number of nitrogens with one attached hydrogen (secondary N) is 1. The standard InChI is InChI=1S/C13H18N4O2/c1-9-11(10(2)16(3)15-9)4-5-13(19)17-7-6-14-12(18)8-17/h4-5H,6-8H2,1-3H3,(H,14,18)/b5-4+. The number of hydrogen-bond acceptors (Lipinski definition) is 3. The highest BCUT2D eigenvalue weighted by atomic mass is 16.2. The third-order valence-corrected chi connectivity index (χ3v) is 3.31. The molecule has 1 N–H and O–H groups in total. The minimum Gasteiger partial charge on any atom is -0.353 e. The third kappa shape index (κ3) is 2.83. The Balaban J connectivity index is 2.09. The van der Waals surface area contributed by atoms with Crippen LogP contribution in [-0.4, -0.2) is 46.1 Å². The van der Waals surface area contributed by atoms with Crippen LogP contribution >= 0.6 is 0 Å². The maximum Gasteiger partial charge on any atom is 0.247 e. The normalized spacial score (nSPS) is 15.9. The van der Waals surface area contributed by atoms with Crippen LogP contribution in [0.1, 0.15) is 17.0 Å². The van der Waals surface area contributed by atoms with Gasteiger partial charge in [0.05, 0.1) is 12.2 Å². The highest BCUT2D eigenvalue weighted by molar-refractivity contribution is 5.95. The molecule has 0 spiro atoms. The van der Waals surface area contributed by atoms with E-state index in [1.807, 2.05) is 20.9 Å². The molecule has 1 fully saturated rings. The molecule has 0 bridgehead atoms. The van der Waals surface area contributed by atoms with E-state index >= 15 is 0 Å². The monoisotopic (exact) mass is 262 g/mol. The molecular weight excluding hydrogens is 244 g/mol. The Morgan fingerprint density at radius 3 is 2.74 bits per heavy atom. The average Bonchev–Trinajstić information content (AvgIpc) is 2.61. The first-order valence-electron chi connectivity index (χ1n) is 6.23. The number of nitrogens with zero attached hydrogens (tertiary/aromatic N) is 3. The van der Waals surface area contributed by atoms with Crippen molar-refractivity contribution in [2.24, 2.45) is 7.05 Å². The summed E-state index contributed by atoms with van der Waals surface area (Å²) in [5.74, 6) is -0.251. The molecule has 6 nitrogen and oxygen atoms in total. The van der Waals surface area contributed by atoms with Crippen LogP contribution in [0.25, 0.3) is 6.08 Å². The van der Waals surface area contributed by atoms with E-state index in [1.54, 1.807) is 10.8 Å². The maximum absolute atomic E-state index is 12.0. The predicted molar refractivity (Wildman–Crippen MR) is 71.3 cm³/mol. The number of piperazine rings is 1. The minimum absolute atomic E-state index is 0.110. The summed E-state index contributed by atoms with van der Waals surface area (Å²) in [5, 5.41) is 6.98. The molecule has 0 radical (unpaired) electrons. The lowest BCUT2D eigenvalue weighted by atomic mass is 10.2. The van der Waals surface area contributed by atoms with Crippen LogP contribution in [0.5, 0.6) is 0 Å². The van der Waals surface area contributed by atoms with Gasteiger partial charge in [0.25, 0.3) is 0 Å². The Morgan fingerprint density at radius 1 is 1.42 bits per heavy atom. The number of carbonyl (C=O) groups is 2. The van der Waals surface area contributed by atoms with E-state index in [4.69, 9.17) is 0 Å². The summed E-state index contributed by atoms with van der Waals surface area (Å²) in [5.41, 5.74) is 2.86. The minimum atomic E-state index is -0.141. The molecule has 19 heavy (non-hydrogen) atoms. The number of aryl methyl sites for hydroxylation is 2. The molecule has 0 saturated carbocycles. The van der Waals surface area contributed by atoms with Gasteiger partial charge in [-0.2, -0.15) is 5.10 Å². The molecule has 2 rings (SSSR count). The first kappa shape index (κ1) is 13.3. The fourth-order valence-corrected chi connectivity index (χ4v) is 2.12. The maximum atomic E-state index is 12.0. The van der Waals surface area contributed by atoms with Crippen molar-refractivity contribution in [3.8, 4) is 0 Å². The second-order valence-corrected chi connectivity index (χ2v) is 4.65. The van der Waals surface area contributed by atoms with Crippen molar-refractivity contribution < 1.29 is 9.59 Å². The summed E-state index contributed by atoms with van der Waals surface area (Å²) >= 11 is 0. The highest BCUT2D eigenvalue weighted by Crippen LogP contribution is 2.13. The predicted octanol–water partition coefficient (Wildman–Crippen LogP) is 0.00854. The van der Waals surface area contributed by atoms with Gasteiger partial charge in [-0.05, 0) is 19.9 Å². The first-order valence-corrected chi connectivity index (χ1v) is 6.23. The van der Waals surface area contributed by atoms with E-state index in [-0.39, 0.29) is 18.4 Å². The lowest BCUT2D eigenvalue weighted by molar-refractivity contribution is -0.134. The summed E-state index contributed by atoms with van der Waals surface area (Å²) in [7, 11) is 1.87. The number of carbonyl (C=O) groups excluding carboxylic acids is 2. The highest BCUT2D eigenvalue weighted by Gasteiger charge is 2.19. The van der Waals surface area contributed by atoms with Gasteiger partial charge in [0.1, 0.15) is 0 Å². The molecule has 1 aromatic rings. The van der Waals surface area contributed by atoms with Crippen molar-refractivity contribution >= 4 is 17.9 Å². The van der Waals surface area contributed by atoms with E-state index in [9.17, 15) is 9.59 Å². The van der Waals surface area contributed by atoms with Gasteiger partial charge in [0.15, 0.2) is 0 Å². The van der Waals surface area contributed by atoms with Gasteiger partial charge in [0, 0.05) is 37.5 Å². The van der Waals surface area contributed by atoms with Gasteiger partial charge in [-0.1, -0.05) is 0 Å². The van der Waals surface area contributed by atoms with Crippen LogP contribution in [0.3, 0.4) is 0 Å². The van der Waals surface area contributed by atoms with Crippen molar-refractivity contribution in [1.82, 2.24) is 20.0 Å². The van der Waals surface area contributed by atoms with E-state index in [0.717, 1.165) is 17.0 Å². The smallest absolute Gasteiger partial charge is 0.247 e. The molecule has 0 atom stereocenters. The van der Waals surface area contributed by atoms with Crippen LogP contribution in [-0.2, 0) is 16.6 Å². The largest absolute Gasteiger partial charge is 0.353 e. The molecule has 2 amide bonds. The SMILES string of the molecule is Cc1nn(C)c(C)c1/C=C/C(=O)N1CCNC(=O)C1. The number of rotatable bonds is 2. The Kier molecular flexibility index (Phi) is 3.69. The number of aromatic nitrogens is 2. The molecule has 1 aliphatic rings. The number of hydrogen-bond donors (Lipinski definition) is 1. The van der Waals surface area contributed by atoms with Crippen molar-refractivity contribution in [3.63, 3.8) is 0 Å². The van der Waals surface area contributed by atoms with Crippen molar-refractivity contribution in [2.45, 2.75) is 13.8 Å². The van der Waals surface area contributed by atoms with Crippen LogP contribution < -0.4 is 5.32 Å². The van der Waals surface area contributed by atoms with E-state index in [0.29, 0.717) is 13.1 Å². The van der Waals surface area contributed by atoms with E-state index < -0.39 is 0 Å². The van der Waals surface area contributed by atoms with Crippen LogP contribution in [0.15, 0.2) is 6.08 Å². The molecule has 0 aliphatic carbocycles. The van der Waals surface area contributed by atoms with Crippen LogP contribution in [0.2, 0.25) is 0 Å². The molecule has 1 aromatic heterocycles. The molecule has 102 valence electrons. The molecular formula is C13H18N4O2. The lowest BCUT2D eigenvalue weighted by Gasteiger charge is -2.25. The zero-order chi connectivity index (χ0) is 14.0. The Morgan fingerprint density at radius 2 is 2.16 bits per heavy atom. The van der Waals surface area contributed by atoms with Gasteiger partial charge in [-0.25, -0.2) is 0 Å². The lowest BCUT2D eigenvalue weighted by Crippen LogP contribution is -2.49. The van der Waals surface area contributed by atoms with Crippen molar-refractivity contribution in [3.05, 3.63) is 23.0 Å². The topological polar surface area (TPSA) is 67.2 Å². The zero-order valence-electron chi connectivity index (χ0n) is 11.4. The molecule has 1 saturated heterocycles. The average molecular weight is 262 g/mol. The summed E-state index contributed by atoms with van der Waals surface area (Å²) in [6.07, 6.45) is 3.28. The Hall–Kier alpha value is -2.11. The Bertz CT molecular complexity index is 545. The number of amides is 2. The first-order chi connectivity index (χ1) is 8.99. The fourth-order valence-electron chi connectivity index (χ4n) is 2.12. The second-order valence-electron chi connectivity index (χ2n) is 4.65. The van der Waals surface area contributed by atoms with Crippen molar-refractivity contribution in [2.75, 3.05) is 19.6 Å². The zero-order valence-corrected chi connectivity index (χ0v) is 11.4. The summed E-state index contributed by atoms with van der Waals surface area (Å²) in [4.78, 5) is 24.7. The molecule has 0 aromatic carbocycles. The van der Waals surface area contributed by atoms with Gasteiger partial charge in [-0.15, -0.1) is 0 Å². The summed E-state index contributed by atoms with van der Waals surface area (Å²) < 4.78 is 1.79. The molecule has 0 unspecified atom stereocenters. The third-order valence-electron chi connectivity index (χ3n) is 3.31. The van der Waals surface area contributed by atoms with Crippen molar-refractivity contribution in [1.29, 1.82) is 0 Å². The van der Waals surface area contributed by atoms with Crippen LogP contribution in [0, 0.1) is 13.8 Å². The van der Waals surface area contributed by atoms with Gasteiger partial charge in [0.2, 0.25) is 11.8 Å². The van der Waals surface area contributed by atoms with E-state index in [2.05, 4.69) is 10.4 Å². The summed E-state index contributed by atoms with van der Waals surface area (Å²) in [6, 6.07) is 0. The van der Waals surface area contributed by atoms with Gasteiger partial charge in [-0.3, -0.25) is 14.3 Å². The molecule has 6 heteroatoms. The van der Waals surface area contributed by atoms with Gasteiger partial charge >= 0.3 is 0 Å².